The lowest BCUT2D eigenvalue weighted by Crippen LogP contribution is -2.57. The van der Waals surface area contributed by atoms with E-state index in [9.17, 15) is 4.79 Å². The standard InChI is InChI=1S/C15H20N4O/c1-2-6-18(13-9-16-10-13)11-12-8-15(20)19-7-4-3-5-14(19)17-12/h3-5,7-8,13,16H,2,6,9-11H2,1H3. The number of pyridine rings is 1. The lowest BCUT2D eigenvalue weighted by Gasteiger charge is -2.38. The zero-order valence-electron chi connectivity index (χ0n) is 11.7. The van der Waals surface area contributed by atoms with E-state index in [4.69, 9.17) is 0 Å². The largest absolute Gasteiger partial charge is 0.314 e. The molecule has 106 valence electrons. The summed E-state index contributed by atoms with van der Waals surface area (Å²) in [6, 6.07) is 7.86. The Hall–Kier alpha value is -1.72. The minimum atomic E-state index is -0.00576. The van der Waals surface area contributed by atoms with Gasteiger partial charge in [-0.15, -0.1) is 0 Å². The number of rotatable bonds is 5. The topological polar surface area (TPSA) is 49.6 Å². The zero-order chi connectivity index (χ0) is 13.9. The molecule has 0 amide bonds. The van der Waals surface area contributed by atoms with Crippen LogP contribution in [0.4, 0.5) is 0 Å². The van der Waals surface area contributed by atoms with E-state index < -0.39 is 0 Å². The predicted octanol–water partition coefficient (Wildman–Crippen LogP) is 0.878. The van der Waals surface area contributed by atoms with Crippen LogP contribution >= 0.6 is 0 Å². The molecule has 1 aliphatic heterocycles. The SMILES string of the molecule is CCCN(Cc1cc(=O)n2ccccc2n1)C1CNC1. The van der Waals surface area contributed by atoms with Crippen LogP contribution in [0.15, 0.2) is 35.3 Å². The molecule has 0 atom stereocenters. The third kappa shape index (κ3) is 2.59. The number of fused-ring (bicyclic) bond motifs is 1. The Morgan fingerprint density at radius 2 is 2.30 bits per heavy atom. The van der Waals surface area contributed by atoms with Gasteiger partial charge in [0.25, 0.3) is 5.56 Å². The molecule has 0 aliphatic carbocycles. The Kier molecular flexibility index (Phi) is 3.80. The zero-order valence-corrected chi connectivity index (χ0v) is 11.7. The molecule has 2 aromatic heterocycles. The van der Waals surface area contributed by atoms with Crippen LogP contribution in [0, 0.1) is 0 Å². The van der Waals surface area contributed by atoms with Crippen molar-refractivity contribution in [1.82, 2.24) is 19.6 Å². The lowest BCUT2D eigenvalue weighted by molar-refractivity contribution is 0.136. The molecule has 2 aromatic rings. The van der Waals surface area contributed by atoms with Crippen molar-refractivity contribution in [3.8, 4) is 0 Å². The first-order valence-corrected chi connectivity index (χ1v) is 7.20. The van der Waals surface area contributed by atoms with Gasteiger partial charge in [-0.3, -0.25) is 14.1 Å². The number of nitrogens with one attached hydrogen (secondary N) is 1. The summed E-state index contributed by atoms with van der Waals surface area (Å²) in [4.78, 5) is 19.1. The minimum Gasteiger partial charge on any atom is -0.314 e. The first-order valence-electron chi connectivity index (χ1n) is 7.20. The molecule has 3 heterocycles. The third-order valence-corrected chi connectivity index (χ3v) is 3.78. The molecule has 1 N–H and O–H groups in total. The molecule has 5 heteroatoms. The van der Waals surface area contributed by atoms with Crippen LogP contribution in [0.1, 0.15) is 19.0 Å². The summed E-state index contributed by atoms with van der Waals surface area (Å²) < 4.78 is 1.58. The summed E-state index contributed by atoms with van der Waals surface area (Å²) in [5.74, 6) is 0. The van der Waals surface area contributed by atoms with Gasteiger partial charge in [0.2, 0.25) is 0 Å². The van der Waals surface area contributed by atoms with Crippen molar-refractivity contribution < 1.29 is 0 Å². The van der Waals surface area contributed by atoms with Gasteiger partial charge in [0.05, 0.1) is 5.69 Å². The summed E-state index contributed by atoms with van der Waals surface area (Å²) in [6.07, 6.45) is 2.87. The molecule has 0 aromatic carbocycles. The molecule has 0 saturated carbocycles. The molecule has 1 fully saturated rings. The van der Waals surface area contributed by atoms with Crippen LogP contribution in [-0.2, 0) is 6.54 Å². The van der Waals surface area contributed by atoms with Gasteiger partial charge in [-0.1, -0.05) is 13.0 Å². The fourth-order valence-electron chi connectivity index (χ4n) is 2.60. The molecule has 1 saturated heterocycles. The van der Waals surface area contributed by atoms with Crippen molar-refractivity contribution in [3.05, 3.63) is 46.5 Å². The van der Waals surface area contributed by atoms with Crippen molar-refractivity contribution in [2.45, 2.75) is 25.9 Å². The van der Waals surface area contributed by atoms with Crippen molar-refractivity contribution in [3.63, 3.8) is 0 Å². The molecule has 0 radical (unpaired) electrons. The smallest absolute Gasteiger partial charge is 0.258 e. The average molecular weight is 272 g/mol. The fourth-order valence-corrected chi connectivity index (χ4v) is 2.60. The van der Waals surface area contributed by atoms with Gasteiger partial charge in [0, 0.05) is 37.9 Å². The van der Waals surface area contributed by atoms with Crippen LogP contribution in [-0.4, -0.2) is 40.0 Å². The maximum Gasteiger partial charge on any atom is 0.258 e. The Labute approximate surface area is 118 Å². The second-order valence-corrected chi connectivity index (χ2v) is 5.30. The molecule has 1 aliphatic rings. The van der Waals surface area contributed by atoms with Gasteiger partial charge in [0.15, 0.2) is 0 Å². The molecule has 0 unspecified atom stereocenters. The molecule has 20 heavy (non-hydrogen) atoms. The van der Waals surface area contributed by atoms with Gasteiger partial charge in [0.1, 0.15) is 5.65 Å². The average Bonchev–Trinajstić information content (AvgIpc) is 2.37. The highest BCUT2D eigenvalue weighted by atomic mass is 16.1. The van der Waals surface area contributed by atoms with Crippen molar-refractivity contribution in [2.75, 3.05) is 19.6 Å². The highest BCUT2D eigenvalue weighted by Crippen LogP contribution is 2.10. The quantitative estimate of drug-likeness (QED) is 0.878. The van der Waals surface area contributed by atoms with E-state index in [1.165, 1.54) is 0 Å². The summed E-state index contributed by atoms with van der Waals surface area (Å²) in [5.41, 5.74) is 1.58. The van der Waals surface area contributed by atoms with Crippen LogP contribution in [0.5, 0.6) is 0 Å². The summed E-state index contributed by atoms with van der Waals surface area (Å²) in [5, 5.41) is 3.30. The molecule has 3 rings (SSSR count). The highest BCUT2D eigenvalue weighted by Gasteiger charge is 2.24. The second kappa shape index (κ2) is 5.73. The van der Waals surface area contributed by atoms with E-state index in [1.54, 1.807) is 16.7 Å². The Morgan fingerprint density at radius 3 is 3.00 bits per heavy atom. The van der Waals surface area contributed by atoms with Gasteiger partial charge < -0.3 is 5.32 Å². The lowest BCUT2D eigenvalue weighted by atomic mass is 10.1. The number of hydrogen-bond donors (Lipinski definition) is 1. The van der Waals surface area contributed by atoms with Crippen molar-refractivity contribution >= 4 is 5.65 Å². The first-order chi connectivity index (χ1) is 9.78. The van der Waals surface area contributed by atoms with E-state index in [2.05, 4.69) is 22.1 Å². The fraction of sp³-hybridized carbons (Fsp3) is 0.467. The van der Waals surface area contributed by atoms with Gasteiger partial charge >= 0.3 is 0 Å². The molecule has 0 spiro atoms. The van der Waals surface area contributed by atoms with E-state index in [1.807, 2.05) is 18.2 Å². The van der Waals surface area contributed by atoms with Gasteiger partial charge in [-0.25, -0.2) is 4.98 Å². The van der Waals surface area contributed by atoms with E-state index >= 15 is 0 Å². The van der Waals surface area contributed by atoms with Crippen molar-refractivity contribution in [1.29, 1.82) is 0 Å². The number of hydrogen-bond acceptors (Lipinski definition) is 4. The number of nitrogens with zero attached hydrogens (tertiary/aromatic N) is 3. The van der Waals surface area contributed by atoms with Crippen LogP contribution in [0.25, 0.3) is 5.65 Å². The maximum absolute atomic E-state index is 12.1. The normalized spacial score (nSPS) is 15.7. The molecule has 5 nitrogen and oxygen atoms in total. The minimum absolute atomic E-state index is 0.00576. The summed E-state index contributed by atoms with van der Waals surface area (Å²) >= 11 is 0. The van der Waals surface area contributed by atoms with Crippen LogP contribution in [0.2, 0.25) is 0 Å². The maximum atomic E-state index is 12.1. The van der Waals surface area contributed by atoms with Crippen molar-refractivity contribution in [2.24, 2.45) is 0 Å². The Bertz CT molecular complexity index is 648. The molecular formula is C15H20N4O. The van der Waals surface area contributed by atoms with Crippen LogP contribution < -0.4 is 10.9 Å². The first kappa shape index (κ1) is 13.3. The Morgan fingerprint density at radius 1 is 1.45 bits per heavy atom. The monoisotopic (exact) mass is 272 g/mol. The summed E-state index contributed by atoms with van der Waals surface area (Å²) in [6.45, 7) is 6.05. The molecular weight excluding hydrogens is 252 g/mol. The third-order valence-electron chi connectivity index (χ3n) is 3.78. The number of aromatic nitrogens is 2. The highest BCUT2D eigenvalue weighted by molar-refractivity contribution is 5.37. The predicted molar refractivity (Wildman–Crippen MR) is 78.8 cm³/mol. The van der Waals surface area contributed by atoms with E-state index in [0.717, 1.165) is 43.9 Å². The second-order valence-electron chi connectivity index (χ2n) is 5.30. The van der Waals surface area contributed by atoms with Crippen LogP contribution in [0.3, 0.4) is 0 Å². The Balaban J connectivity index is 1.87. The summed E-state index contributed by atoms with van der Waals surface area (Å²) in [7, 11) is 0. The van der Waals surface area contributed by atoms with Gasteiger partial charge in [-0.2, -0.15) is 0 Å². The van der Waals surface area contributed by atoms with E-state index in [0.29, 0.717) is 6.04 Å². The molecule has 0 bridgehead atoms. The van der Waals surface area contributed by atoms with E-state index in [-0.39, 0.29) is 5.56 Å². The van der Waals surface area contributed by atoms with Gasteiger partial charge in [-0.05, 0) is 25.1 Å².